The van der Waals surface area contributed by atoms with Crippen LogP contribution < -0.4 is 24.8 Å². The van der Waals surface area contributed by atoms with Crippen LogP contribution in [0.25, 0.3) is 21.8 Å². The number of halogens is 2. The molecule has 1 aromatic heterocycles. The SMILES string of the molecule is [Cl-].[Cl-].[Ti+4].[c-]1nc2ccccc2[nH]1.c1ccc2[cH-]ccc2c1. The van der Waals surface area contributed by atoms with Crippen LogP contribution in [0, 0.1) is 6.33 Å². The first-order valence-electron chi connectivity index (χ1n) is 5.85. The van der Waals surface area contributed by atoms with E-state index in [0.29, 0.717) is 0 Å². The molecule has 0 aliphatic carbocycles. The summed E-state index contributed by atoms with van der Waals surface area (Å²) in [7, 11) is 0. The van der Waals surface area contributed by atoms with Crippen molar-refractivity contribution in [3.63, 3.8) is 0 Å². The fourth-order valence-corrected chi connectivity index (χ4v) is 1.90. The first kappa shape index (κ1) is 19.8. The average molecular weight is 351 g/mol. The maximum atomic E-state index is 3.94. The molecule has 4 aromatic rings. The molecule has 0 fully saturated rings. The Kier molecular flexibility index (Phi) is 9.15. The molecular weight excluding hydrogens is 339 g/mol. The molecule has 0 saturated carbocycles. The first-order valence-corrected chi connectivity index (χ1v) is 5.85. The van der Waals surface area contributed by atoms with Crippen molar-refractivity contribution in [2.24, 2.45) is 0 Å². The molecule has 1 N–H and O–H groups in total. The fourth-order valence-electron chi connectivity index (χ4n) is 1.90. The van der Waals surface area contributed by atoms with Crippen molar-refractivity contribution < 1.29 is 46.5 Å². The summed E-state index contributed by atoms with van der Waals surface area (Å²) in [6, 6.07) is 22.5. The molecular formula is C16H12Cl2N2Ti. The van der Waals surface area contributed by atoms with Gasteiger partial charge >= 0.3 is 21.7 Å². The maximum Gasteiger partial charge on any atom is 4.00 e. The zero-order chi connectivity index (χ0) is 12.2. The van der Waals surface area contributed by atoms with Crippen LogP contribution in [0.2, 0.25) is 0 Å². The molecule has 2 nitrogen and oxygen atoms in total. The maximum absolute atomic E-state index is 3.94. The monoisotopic (exact) mass is 350 g/mol. The van der Waals surface area contributed by atoms with Crippen LogP contribution >= 0.6 is 0 Å². The normalized spacial score (nSPS) is 8.76. The molecule has 0 bridgehead atoms. The van der Waals surface area contributed by atoms with E-state index in [1.54, 1.807) is 0 Å². The Morgan fingerprint density at radius 1 is 0.905 bits per heavy atom. The third-order valence-electron chi connectivity index (χ3n) is 2.82. The number of aromatic nitrogens is 2. The largest absolute Gasteiger partial charge is 4.00 e. The Bertz CT molecular complexity index is 638. The molecule has 0 aliphatic heterocycles. The van der Waals surface area contributed by atoms with Crippen molar-refractivity contribution in [1.29, 1.82) is 0 Å². The number of nitrogens with zero attached hydrogens (tertiary/aromatic N) is 1. The minimum absolute atomic E-state index is 0. The second kappa shape index (κ2) is 9.70. The summed E-state index contributed by atoms with van der Waals surface area (Å²) >= 11 is 0. The molecule has 0 amide bonds. The summed E-state index contributed by atoms with van der Waals surface area (Å²) in [6.07, 6.45) is 2.66. The van der Waals surface area contributed by atoms with E-state index < -0.39 is 0 Å². The number of para-hydroxylation sites is 2. The van der Waals surface area contributed by atoms with E-state index in [0.717, 1.165) is 11.0 Å². The van der Waals surface area contributed by atoms with Crippen LogP contribution in [0.4, 0.5) is 0 Å². The average Bonchev–Trinajstić information content (AvgIpc) is 3.08. The number of imidazole rings is 1. The van der Waals surface area contributed by atoms with E-state index in [1.165, 1.54) is 10.8 Å². The first-order chi connectivity index (χ1) is 8.93. The summed E-state index contributed by atoms with van der Waals surface area (Å²) < 4.78 is 0. The summed E-state index contributed by atoms with van der Waals surface area (Å²) in [5, 5.41) is 2.66. The Morgan fingerprint density at radius 3 is 2.38 bits per heavy atom. The second-order valence-corrected chi connectivity index (χ2v) is 4.02. The number of hydrogen-bond acceptors (Lipinski definition) is 1. The molecule has 0 aliphatic rings. The van der Waals surface area contributed by atoms with Crippen molar-refractivity contribution in [1.82, 2.24) is 9.97 Å². The molecule has 104 valence electrons. The number of aromatic amines is 1. The molecule has 0 atom stereocenters. The van der Waals surface area contributed by atoms with Gasteiger partial charge in [0.25, 0.3) is 0 Å². The molecule has 1 heterocycles. The third kappa shape index (κ3) is 4.94. The molecule has 21 heavy (non-hydrogen) atoms. The Morgan fingerprint density at radius 2 is 1.62 bits per heavy atom. The number of benzene rings is 2. The van der Waals surface area contributed by atoms with Crippen molar-refractivity contribution in [3.8, 4) is 0 Å². The van der Waals surface area contributed by atoms with Gasteiger partial charge in [0.15, 0.2) is 0 Å². The van der Waals surface area contributed by atoms with Gasteiger partial charge in [-0.15, -0.1) is 41.8 Å². The molecule has 0 spiro atoms. The van der Waals surface area contributed by atoms with Gasteiger partial charge in [-0.3, -0.25) is 0 Å². The Hall–Kier alpha value is -1.19. The molecule has 0 saturated heterocycles. The van der Waals surface area contributed by atoms with Gasteiger partial charge in [0, 0.05) is 0 Å². The van der Waals surface area contributed by atoms with Crippen molar-refractivity contribution >= 4 is 21.8 Å². The minimum Gasteiger partial charge on any atom is -1.00 e. The van der Waals surface area contributed by atoms with Gasteiger partial charge in [-0.1, -0.05) is 29.2 Å². The summed E-state index contributed by atoms with van der Waals surface area (Å²) in [4.78, 5) is 6.82. The number of nitrogens with one attached hydrogen (secondary N) is 1. The Balaban J connectivity index is 0.000000333. The van der Waals surface area contributed by atoms with Gasteiger partial charge in [0.2, 0.25) is 0 Å². The van der Waals surface area contributed by atoms with Crippen LogP contribution in [-0.4, -0.2) is 9.97 Å². The summed E-state index contributed by atoms with van der Waals surface area (Å²) in [5.74, 6) is 0. The van der Waals surface area contributed by atoms with E-state index in [2.05, 4.69) is 58.8 Å². The fraction of sp³-hybridized carbons (Fsp3) is 0. The van der Waals surface area contributed by atoms with Crippen molar-refractivity contribution in [2.75, 3.05) is 0 Å². The zero-order valence-electron chi connectivity index (χ0n) is 11.1. The number of rotatable bonds is 0. The summed E-state index contributed by atoms with van der Waals surface area (Å²) in [6.45, 7) is 0. The standard InChI is InChI=1S/C9H7.C7H5N2.2ClH.Ti/c1-2-5-9-7-3-6-8(9)4-1;1-2-4-7-6(3-1)8-5-9-7;;;/h1-7H;1-4H,(H,8,9);2*1H;/q2*-1;;;+4/p-2. The van der Waals surface area contributed by atoms with Crippen LogP contribution in [-0.2, 0) is 21.7 Å². The van der Waals surface area contributed by atoms with Gasteiger partial charge in [-0.05, 0) is 6.33 Å². The van der Waals surface area contributed by atoms with Crippen molar-refractivity contribution in [3.05, 3.63) is 73.1 Å². The topological polar surface area (TPSA) is 28.7 Å². The number of fused-ring (bicyclic) bond motifs is 2. The Labute approximate surface area is 151 Å². The molecule has 4 rings (SSSR count). The van der Waals surface area contributed by atoms with Crippen molar-refractivity contribution in [2.45, 2.75) is 0 Å². The molecule has 0 radical (unpaired) electrons. The van der Waals surface area contributed by atoms with E-state index in [-0.39, 0.29) is 46.5 Å². The van der Waals surface area contributed by atoms with Gasteiger partial charge < -0.3 is 34.8 Å². The molecule has 5 heteroatoms. The second-order valence-electron chi connectivity index (χ2n) is 4.02. The summed E-state index contributed by atoms with van der Waals surface area (Å²) in [5.41, 5.74) is 2.01. The molecule has 3 aromatic carbocycles. The minimum atomic E-state index is 0. The predicted molar refractivity (Wildman–Crippen MR) is 74.5 cm³/mol. The van der Waals surface area contributed by atoms with E-state index in [4.69, 9.17) is 0 Å². The van der Waals surface area contributed by atoms with Crippen LogP contribution in [0.1, 0.15) is 0 Å². The van der Waals surface area contributed by atoms with E-state index in [9.17, 15) is 0 Å². The zero-order valence-corrected chi connectivity index (χ0v) is 14.1. The van der Waals surface area contributed by atoms with Crippen LogP contribution in [0.5, 0.6) is 0 Å². The smallest absolute Gasteiger partial charge is 1.00 e. The van der Waals surface area contributed by atoms with Crippen LogP contribution in [0.3, 0.4) is 0 Å². The van der Waals surface area contributed by atoms with Gasteiger partial charge in [0.1, 0.15) is 0 Å². The quantitative estimate of drug-likeness (QED) is 0.286. The van der Waals surface area contributed by atoms with Gasteiger partial charge in [0.05, 0.1) is 0 Å². The number of hydrogen-bond donors (Lipinski definition) is 1. The third-order valence-corrected chi connectivity index (χ3v) is 2.82. The predicted octanol–water partition coefficient (Wildman–Crippen LogP) is -2.07. The van der Waals surface area contributed by atoms with Crippen LogP contribution in [0.15, 0.2) is 66.7 Å². The van der Waals surface area contributed by atoms with Gasteiger partial charge in [-0.25, -0.2) is 0 Å². The van der Waals surface area contributed by atoms with Gasteiger partial charge in [-0.2, -0.15) is 17.5 Å². The molecule has 0 unspecified atom stereocenters. The van der Waals surface area contributed by atoms with E-state index >= 15 is 0 Å². The number of H-pyrrole nitrogens is 1. The van der Waals surface area contributed by atoms with E-state index in [1.807, 2.05) is 24.3 Å².